The number of alkyl carbamates (subject to hydrolysis) is 1. The second-order valence-corrected chi connectivity index (χ2v) is 5.59. The van der Waals surface area contributed by atoms with Crippen LogP contribution in [0.3, 0.4) is 0 Å². The predicted molar refractivity (Wildman–Crippen MR) is 83.4 cm³/mol. The van der Waals surface area contributed by atoms with Gasteiger partial charge in [0, 0.05) is 12.6 Å². The molecular weight excluding hydrogens is 282 g/mol. The number of urea groups is 1. The van der Waals surface area contributed by atoms with Crippen molar-refractivity contribution in [3.8, 4) is 0 Å². The fourth-order valence-corrected chi connectivity index (χ4v) is 2.92. The number of primary amides is 1. The molecule has 0 aliphatic carbocycles. The maximum atomic E-state index is 11.1. The highest BCUT2D eigenvalue weighted by molar-refractivity contribution is 5.89. The Morgan fingerprint density at radius 3 is 3.00 bits per heavy atom. The van der Waals surface area contributed by atoms with Gasteiger partial charge in [0.15, 0.2) is 0 Å². The summed E-state index contributed by atoms with van der Waals surface area (Å²) in [6.45, 7) is 4.30. The number of carbonyl (C=O) groups excluding carboxylic acids is 2. The SMILES string of the molecule is Cc1cccc(C2CCCN2CCCOC(=O)NC(N)=O)c1. The average Bonchev–Trinajstić information content (AvgIpc) is 2.91. The fraction of sp³-hybridized carbons (Fsp3) is 0.500. The molecule has 0 saturated carbocycles. The molecule has 1 heterocycles. The van der Waals surface area contributed by atoms with Crippen LogP contribution in [0.5, 0.6) is 0 Å². The smallest absolute Gasteiger partial charge is 0.415 e. The van der Waals surface area contributed by atoms with Crippen LogP contribution >= 0.6 is 0 Å². The van der Waals surface area contributed by atoms with E-state index >= 15 is 0 Å². The number of benzene rings is 1. The Morgan fingerprint density at radius 2 is 2.27 bits per heavy atom. The van der Waals surface area contributed by atoms with Crippen molar-refractivity contribution in [2.75, 3.05) is 19.7 Å². The zero-order valence-corrected chi connectivity index (χ0v) is 12.9. The Labute approximate surface area is 130 Å². The van der Waals surface area contributed by atoms with E-state index in [4.69, 9.17) is 10.5 Å². The highest BCUT2D eigenvalue weighted by Gasteiger charge is 2.25. The number of rotatable bonds is 5. The second-order valence-electron chi connectivity index (χ2n) is 5.59. The second kappa shape index (κ2) is 7.79. The van der Waals surface area contributed by atoms with Gasteiger partial charge in [-0.1, -0.05) is 29.8 Å². The molecule has 0 spiro atoms. The third kappa shape index (κ3) is 4.73. The summed E-state index contributed by atoms with van der Waals surface area (Å²) in [6, 6.07) is 8.15. The molecule has 1 aromatic carbocycles. The normalized spacial score (nSPS) is 18.1. The van der Waals surface area contributed by atoms with Crippen molar-refractivity contribution < 1.29 is 14.3 Å². The number of carbonyl (C=O) groups is 2. The highest BCUT2D eigenvalue weighted by Crippen LogP contribution is 2.32. The van der Waals surface area contributed by atoms with Crippen LogP contribution in [0, 0.1) is 6.92 Å². The first-order valence-corrected chi connectivity index (χ1v) is 7.60. The van der Waals surface area contributed by atoms with Crippen molar-refractivity contribution in [1.82, 2.24) is 10.2 Å². The standard InChI is InChI=1S/C16H23N3O3/c1-12-5-2-6-13(11-12)14-7-3-8-19(14)9-4-10-22-16(21)18-15(17)20/h2,5-6,11,14H,3-4,7-10H2,1H3,(H3,17,18,20,21). The predicted octanol–water partition coefficient (Wildman–Crippen LogP) is 2.33. The number of aryl methyl sites for hydroxylation is 1. The summed E-state index contributed by atoms with van der Waals surface area (Å²) >= 11 is 0. The van der Waals surface area contributed by atoms with Gasteiger partial charge in [0.1, 0.15) is 0 Å². The summed E-state index contributed by atoms with van der Waals surface area (Å²) in [5.41, 5.74) is 7.46. The molecule has 2 rings (SSSR count). The molecule has 3 amide bonds. The molecule has 3 N–H and O–H groups in total. The van der Waals surface area contributed by atoms with Crippen LogP contribution in [0.1, 0.15) is 36.4 Å². The molecule has 1 saturated heterocycles. The van der Waals surface area contributed by atoms with E-state index in [9.17, 15) is 9.59 Å². The van der Waals surface area contributed by atoms with Gasteiger partial charge in [-0.3, -0.25) is 4.90 Å². The third-order valence-corrected chi connectivity index (χ3v) is 3.84. The molecule has 6 heteroatoms. The lowest BCUT2D eigenvalue weighted by Crippen LogP contribution is -2.35. The van der Waals surface area contributed by atoms with E-state index < -0.39 is 12.1 Å². The van der Waals surface area contributed by atoms with E-state index in [0.717, 1.165) is 25.9 Å². The first kappa shape index (κ1) is 16.3. The van der Waals surface area contributed by atoms with E-state index in [0.29, 0.717) is 6.04 Å². The molecule has 1 aliphatic heterocycles. The zero-order chi connectivity index (χ0) is 15.9. The number of nitrogens with two attached hydrogens (primary N) is 1. The average molecular weight is 305 g/mol. The summed E-state index contributed by atoms with van der Waals surface area (Å²) in [6.07, 6.45) is 2.28. The van der Waals surface area contributed by atoms with Crippen LogP contribution in [-0.4, -0.2) is 36.7 Å². The minimum Gasteiger partial charge on any atom is -0.449 e. The van der Waals surface area contributed by atoms with Crippen LogP contribution < -0.4 is 11.1 Å². The van der Waals surface area contributed by atoms with E-state index in [1.807, 2.05) is 5.32 Å². The monoisotopic (exact) mass is 305 g/mol. The summed E-state index contributed by atoms with van der Waals surface area (Å²) in [4.78, 5) is 24.0. The minimum atomic E-state index is -0.899. The van der Waals surface area contributed by atoms with Gasteiger partial charge in [-0.25, -0.2) is 14.9 Å². The molecule has 0 radical (unpaired) electrons. The van der Waals surface area contributed by atoms with E-state index in [1.165, 1.54) is 17.5 Å². The van der Waals surface area contributed by atoms with Crippen LogP contribution in [-0.2, 0) is 4.74 Å². The molecule has 0 aromatic heterocycles. The van der Waals surface area contributed by atoms with Crippen molar-refractivity contribution in [2.24, 2.45) is 5.73 Å². The Kier molecular flexibility index (Phi) is 5.77. The minimum absolute atomic E-state index is 0.274. The van der Waals surface area contributed by atoms with Gasteiger partial charge >= 0.3 is 12.1 Å². The Bertz CT molecular complexity index is 533. The fourth-order valence-electron chi connectivity index (χ4n) is 2.92. The van der Waals surface area contributed by atoms with Gasteiger partial charge in [-0.2, -0.15) is 0 Å². The third-order valence-electron chi connectivity index (χ3n) is 3.84. The van der Waals surface area contributed by atoms with Gasteiger partial charge in [-0.05, 0) is 38.3 Å². The number of likely N-dealkylation sites (tertiary alicyclic amines) is 1. The number of amides is 3. The Hall–Kier alpha value is -2.08. The van der Waals surface area contributed by atoms with Gasteiger partial charge in [0.2, 0.25) is 0 Å². The first-order valence-electron chi connectivity index (χ1n) is 7.60. The molecule has 1 aliphatic rings. The molecule has 22 heavy (non-hydrogen) atoms. The van der Waals surface area contributed by atoms with Crippen molar-refractivity contribution in [1.29, 1.82) is 0 Å². The van der Waals surface area contributed by atoms with Crippen molar-refractivity contribution in [3.05, 3.63) is 35.4 Å². The summed E-state index contributed by atoms with van der Waals surface area (Å²) in [7, 11) is 0. The molecule has 1 aromatic rings. The summed E-state index contributed by atoms with van der Waals surface area (Å²) in [5.74, 6) is 0. The molecular formula is C16H23N3O3. The van der Waals surface area contributed by atoms with Gasteiger partial charge in [-0.15, -0.1) is 0 Å². The van der Waals surface area contributed by atoms with Crippen molar-refractivity contribution >= 4 is 12.1 Å². The van der Waals surface area contributed by atoms with Crippen LogP contribution in [0.25, 0.3) is 0 Å². The van der Waals surface area contributed by atoms with E-state index in [1.54, 1.807) is 0 Å². The largest absolute Gasteiger partial charge is 0.449 e. The maximum absolute atomic E-state index is 11.1. The van der Waals surface area contributed by atoms with Crippen LogP contribution in [0.4, 0.5) is 9.59 Å². The summed E-state index contributed by atoms with van der Waals surface area (Å²) in [5, 5.41) is 1.88. The number of hydrogen-bond acceptors (Lipinski definition) is 4. The topological polar surface area (TPSA) is 84.7 Å². The highest BCUT2D eigenvalue weighted by atomic mass is 16.5. The van der Waals surface area contributed by atoms with Crippen LogP contribution in [0.15, 0.2) is 24.3 Å². The lowest BCUT2D eigenvalue weighted by atomic mass is 10.0. The zero-order valence-electron chi connectivity index (χ0n) is 12.9. The van der Waals surface area contributed by atoms with Gasteiger partial charge in [0.25, 0.3) is 0 Å². The molecule has 120 valence electrons. The number of ether oxygens (including phenoxy) is 1. The van der Waals surface area contributed by atoms with Gasteiger partial charge in [0.05, 0.1) is 6.61 Å². The van der Waals surface area contributed by atoms with E-state index in [-0.39, 0.29) is 6.61 Å². The number of nitrogens with zero attached hydrogens (tertiary/aromatic N) is 1. The molecule has 6 nitrogen and oxygen atoms in total. The quantitative estimate of drug-likeness (QED) is 0.818. The Balaban J connectivity index is 1.77. The van der Waals surface area contributed by atoms with E-state index in [2.05, 4.69) is 36.1 Å². The lowest BCUT2D eigenvalue weighted by Gasteiger charge is -2.25. The van der Waals surface area contributed by atoms with Crippen molar-refractivity contribution in [2.45, 2.75) is 32.2 Å². The Morgan fingerprint density at radius 1 is 1.45 bits per heavy atom. The number of imide groups is 1. The first-order chi connectivity index (χ1) is 10.6. The van der Waals surface area contributed by atoms with Gasteiger partial charge < -0.3 is 10.5 Å². The molecule has 0 bridgehead atoms. The molecule has 1 atom stereocenters. The number of nitrogens with one attached hydrogen (secondary N) is 1. The van der Waals surface area contributed by atoms with Crippen molar-refractivity contribution in [3.63, 3.8) is 0 Å². The number of hydrogen-bond donors (Lipinski definition) is 2. The molecule has 1 fully saturated rings. The maximum Gasteiger partial charge on any atom is 0.415 e. The lowest BCUT2D eigenvalue weighted by molar-refractivity contribution is 0.138. The summed E-state index contributed by atoms with van der Waals surface area (Å²) < 4.78 is 4.90. The van der Waals surface area contributed by atoms with Crippen LogP contribution in [0.2, 0.25) is 0 Å². The molecule has 1 unspecified atom stereocenters.